The van der Waals surface area contributed by atoms with Crippen molar-refractivity contribution in [3.05, 3.63) is 0 Å². The van der Waals surface area contributed by atoms with E-state index in [4.69, 9.17) is 28.4 Å². The molecule has 588 valence electrons. The zero-order valence-corrected chi connectivity index (χ0v) is 63.0. The van der Waals surface area contributed by atoms with Gasteiger partial charge in [0.25, 0.3) is 0 Å². The molecule has 0 aromatic heterocycles. The van der Waals surface area contributed by atoms with Crippen molar-refractivity contribution < 1.29 is 89.4 Å². The van der Waals surface area contributed by atoms with E-state index in [-0.39, 0.29) is 18.9 Å². The predicted molar refractivity (Wildman–Crippen MR) is 393 cm³/mol. The van der Waals surface area contributed by atoms with E-state index in [1.165, 1.54) is 295 Å². The molecule has 12 N–H and O–H groups in total. The molecule has 19 heteroatoms. The van der Waals surface area contributed by atoms with Crippen molar-refractivity contribution in [2.24, 2.45) is 0 Å². The lowest BCUT2D eigenvalue weighted by molar-refractivity contribution is -0.379. The standard InChI is InChI=1S/C80H155NO18/c1-3-5-7-9-11-13-15-17-19-21-23-25-27-29-31-33-35-37-39-41-43-45-47-49-51-53-55-57-64(85)63(81-68(86)58-56-54-52-50-48-46-44-42-40-38-36-34-32-30-28-26-24-22-20-18-16-14-12-10-8-6-4-2)62-94-78-74(92)71(89)76(66(60-83)96-78)99-80-75(93)72(90)77(67(61-84)97-80)98-79-73(91)70(88)69(87)65(59-82)95-79/h63-67,69-80,82-85,87-93H,3-62H2,1-2H3,(H,81,86). The first-order valence-electron chi connectivity index (χ1n) is 41.8. The van der Waals surface area contributed by atoms with E-state index in [9.17, 15) is 61.0 Å². The van der Waals surface area contributed by atoms with Gasteiger partial charge in [0, 0.05) is 6.42 Å². The van der Waals surface area contributed by atoms with E-state index in [2.05, 4.69) is 19.2 Å². The molecule has 0 aromatic rings. The Bertz CT molecular complexity index is 1790. The Morgan fingerprint density at radius 3 is 0.879 bits per heavy atom. The van der Waals surface area contributed by atoms with Crippen LogP contribution in [-0.4, -0.2) is 193 Å². The Labute approximate surface area is 602 Å². The number of rotatable bonds is 68. The summed E-state index contributed by atoms with van der Waals surface area (Å²) in [6.45, 7) is 1.88. The molecule has 3 rings (SSSR count). The van der Waals surface area contributed by atoms with Gasteiger partial charge in [0.1, 0.15) is 73.2 Å². The monoisotopic (exact) mass is 1420 g/mol. The number of aliphatic hydroxyl groups is 11. The molecule has 17 atom stereocenters. The molecular weight excluding hydrogens is 1260 g/mol. The average Bonchev–Trinajstić information content (AvgIpc) is 0.784. The van der Waals surface area contributed by atoms with E-state index in [0.717, 1.165) is 44.9 Å². The van der Waals surface area contributed by atoms with Gasteiger partial charge in [0.05, 0.1) is 38.6 Å². The van der Waals surface area contributed by atoms with E-state index in [0.29, 0.717) is 12.8 Å². The van der Waals surface area contributed by atoms with Crippen LogP contribution in [0.15, 0.2) is 0 Å². The number of amides is 1. The molecular formula is C80H155NO18. The highest BCUT2D eigenvalue weighted by molar-refractivity contribution is 5.76. The van der Waals surface area contributed by atoms with Crippen LogP contribution in [0.3, 0.4) is 0 Å². The van der Waals surface area contributed by atoms with E-state index in [1.54, 1.807) is 0 Å². The second-order valence-corrected chi connectivity index (χ2v) is 30.3. The molecule has 3 fully saturated rings. The largest absolute Gasteiger partial charge is 0.394 e. The number of hydrogen-bond donors (Lipinski definition) is 12. The number of ether oxygens (including phenoxy) is 6. The third kappa shape index (κ3) is 42.1. The van der Waals surface area contributed by atoms with Crippen LogP contribution in [0.1, 0.15) is 373 Å². The summed E-state index contributed by atoms with van der Waals surface area (Å²) in [7, 11) is 0. The van der Waals surface area contributed by atoms with Gasteiger partial charge in [-0.05, 0) is 12.8 Å². The molecule has 3 saturated heterocycles. The van der Waals surface area contributed by atoms with Crippen molar-refractivity contribution in [2.45, 2.75) is 478 Å². The zero-order valence-electron chi connectivity index (χ0n) is 63.0. The lowest BCUT2D eigenvalue weighted by Gasteiger charge is -2.48. The zero-order chi connectivity index (χ0) is 71.8. The number of nitrogens with one attached hydrogen (secondary N) is 1. The van der Waals surface area contributed by atoms with Gasteiger partial charge in [0.15, 0.2) is 18.9 Å². The van der Waals surface area contributed by atoms with Crippen molar-refractivity contribution in [1.82, 2.24) is 5.32 Å². The Hall–Kier alpha value is -1.21. The van der Waals surface area contributed by atoms with Gasteiger partial charge in [-0.25, -0.2) is 0 Å². The summed E-state index contributed by atoms with van der Waals surface area (Å²) in [5, 5.41) is 121. The summed E-state index contributed by atoms with van der Waals surface area (Å²) in [5.41, 5.74) is 0. The van der Waals surface area contributed by atoms with Crippen LogP contribution in [0.5, 0.6) is 0 Å². The molecule has 1 amide bonds. The van der Waals surface area contributed by atoms with E-state index >= 15 is 0 Å². The highest BCUT2D eigenvalue weighted by atomic mass is 16.8. The maximum absolute atomic E-state index is 13.5. The Kier molecular flexibility index (Phi) is 57.5. The van der Waals surface area contributed by atoms with E-state index < -0.39 is 124 Å². The Morgan fingerprint density at radius 1 is 0.323 bits per heavy atom. The third-order valence-corrected chi connectivity index (χ3v) is 21.4. The fraction of sp³-hybridized carbons (Fsp3) is 0.988. The number of carbonyl (C=O) groups is 1. The molecule has 19 nitrogen and oxygen atoms in total. The number of aliphatic hydroxyl groups excluding tert-OH is 11. The van der Waals surface area contributed by atoms with Crippen molar-refractivity contribution in [1.29, 1.82) is 0 Å². The molecule has 0 aliphatic carbocycles. The number of unbranched alkanes of at least 4 members (excludes halogenated alkanes) is 52. The maximum Gasteiger partial charge on any atom is 0.220 e. The van der Waals surface area contributed by atoms with Crippen LogP contribution in [0.25, 0.3) is 0 Å². The average molecular weight is 1420 g/mol. The quantitative estimate of drug-likeness (QED) is 0.0252. The smallest absolute Gasteiger partial charge is 0.220 e. The maximum atomic E-state index is 13.5. The first-order chi connectivity index (χ1) is 48.3. The van der Waals surface area contributed by atoms with Crippen LogP contribution >= 0.6 is 0 Å². The topological polar surface area (TPSA) is 307 Å². The first-order valence-corrected chi connectivity index (χ1v) is 41.8. The lowest BCUT2D eigenvalue weighted by Crippen LogP contribution is -2.66. The number of carbonyl (C=O) groups excluding carboxylic acids is 1. The minimum atomic E-state index is -1.97. The molecule has 0 radical (unpaired) electrons. The second kappa shape index (κ2) is 61.9. The van der Waals surface area contributed by atoms with Crippen LogP contribution < -0.4 is 5.32 Å². The molecule has 3 heterocycles. The predicted octanol–water partition coefficient (Wildman–Crippen LogP) is 14.2. The Balaban J connectivity index is 1.35. The van der Waals surface area contributed by atoms with E-state index in [1.807, 2.05) is 0 Å². The lowest BCUT2D eigenvalue weighted by atomic mass is 9.96. The van der Waals surface area contributed by atoms with Crippen molar-refractivity contribution >= 4 is 5.91 Å². The first kappa shape index (κ1) is 92.0. The highest BCUT2D eigenvalue weighted by Crippen LogP contribution is 2.34. The van der Waals surface area contributed by atoms with Gasteiger partial charge in [-0.15, -0.1) is 0 Å². The summed E-state index contributed by atoms with van der Waals surface area (Å²) in [5.74, 6) is -0.232. The molecule has 17 unspecified atom stereocenters. The summed E-state index contributed by atoms with van der Waals surface area (Å²) < 4.78 is 34.6. The number of hydrogen-bond acceptors (Lipinski definition) is 18. The van der Waals surface area contributed by atoms with Gasteiger partial charge in [-0.2, -0.15) is 0 Å². The van der Waals surface area contributed by atoms with Gasteiger partial charge >= 0.3 is 0 Å². The van der Waals surface area contributed by atoms with Crippen LogP contribution in [0.2, 0.25) is 0 Å². The summed E-state index contributed by atoms with van der Waals surface area (Å²) in [6, 6.07) is -0.884. The molecule has 0 aromatic carbocycles. The molecule has 0 bridgehead atoms. The second-order valence-electron chi connectivity index (χ2n) is 30.3. The molecule has 99 heavy (non-hydrogen) atoms. The summed E-state index contributed by atoms with van der Waals surface area (Å²) in [6.07, 6.45) is 44.8. The molecule has 3 aliphatic rings. The van der Waals surface area contributed by atoms with Crippen molar-refractivity contribution in [3.63, 3.8) is 0 Å². The molecule has 0 spiro atoms. The summed E-state index contributed by atoms with van der Waals surface area (Å²) in [4.78, 5) is 13.5. The normalized spacial score (nSPS) is 26.5. The summed E-state index contributed by atoms with van der Waals surface area (Å²) >= 11 is 0. The van der Waals surface area contributed by atoms with Crippen molar-refractivity contribution in [3.8, 4) is 0 Å². The molecule has 0 saturated carbocycles. The molecule has 3 aliphatic heterocycles. The minimum Gasteiger partial charge on any atom is -0.394 e. The van der Waals surface area contributed by atoms with Gasteiger partial charge in [-0.1, -0.05) is 354 Å². The van der Waals surface area contributed by atoms with Gasteiger partial charge < -0.3 is 89.9 Å². The fourth-order valence-corrected chi connectivity index (χ4v) is 14.7. The van der Waals surface area contributed by atoms with Gasteiger partial charge in [-0.3, -0.25) is 4.79 Å². The fourth-order valence-electron chi connectivity index (χ4n) is 14.7. The van der Waals surface area contributed by atoms with Crippen LogP contribution in [0.4, 0.5) is 0 Å². The minimum absolute atomic E-state index is 0.232. The SMILES string of the molecule is CCCCCCCCCCCCCCCCCCCCCCCCCCCCCC(=O)NC(COC1OC(CO)C(OC2OC(CO)C(OC3OC(CO)C(O)C(O)C3O)C(O)C2O)C(O)C1O)C(O)CCCCCCCCCCCCCCCCCCCCCCCCCCCCC. The van der Waals surface area contributed by atoms with Gasteiger partial charge in [0.2, 0.25) is 5.91 Å². The van der Waals surface area contributed by atoms with Crippen molar-refractivity contribution in [2.75, 3.05) is 26.4 Å². The highest BCUT2D eigenvalue weighted by Gasteiger charge is 2.54. The van der Waals surface area contributed by atoms with Crippen LogP contribution in [-0.2, 0) is 33.2 Å². The Morgan fingerprint density at radius 2 is 0.576 bits per heavy atom. The third-order valence-electron chi connectivity index (χ3n) is 21.4. The van der Waals surface area contributed by atoms with Crippen LogP contribution in [0, 0.1) is 0 Å².